The van der Waals surface area contributed by atoms with Crippen molar-refractivity contribution in [3.63, 3.8) is 0 Å². The lowest BCUT2D eigenvalue weighted by Crippen LogP contribution is -2.32. The maximum atomic E-state index is 12.1. The number of fused-ring (bicyclic) bond motifs is 1. The van der Waals surface area contributed by atoms with Gasteiger partial charge in [0.05, 0.1) is 11.1 Å². The number of carbonyl (C=O) groups is 2. The maximum Gasteiger partial charge on any atom is 0.420 e. The Balaban J connectivity index is 1.70. The zero-order valence-electron chi connectivity index (χ0n) is 13.3. The molecule has 2 aromatic carbocycles. The molecule has 128 valence electrons. The van der Waals surface area contributed by atoms with Crippen LogP contribution in [-0.2, 0) is 17.8 Å². The van der Waals surface area contributed by atoms with Gasteiger partial charge in [0, 0.05) is 6.54 Å². The summed E-state index contributed by atoms with van der Waals surface area (Å²) >= 11 is 0. The van der Waals surface area contributed by atoms with Crippen molar-refractivity contribution in [2.24, 2.45) is 0 Å². The van der Waals surface area contributed by atoms with Crippen LogP contribution < -0.4 is 11.1 Å². The predicted molar refractivity (Wildman–Crippen MR) is 90.6 cm³/mol. The molecule has 1 amide bonds. The fourth-order valence-corrected chi connectivity index (χ4v) is 2.54. The molecule has 1 heterocycles. The minimum atomic E-state index is -1.12. The average molecular weight is 340 g/mol. The van der Waals surface area contributed by atoms with Crippen molar-refractivity contribution in [2.45, 2.75) is 13.0 Å². The van der Waals surface area contributed by atoms with Crippen molar-refractivity contribution >= 4 is 23.0 Å². The summed E-state index contributed by atoms with van der Waals surface area (Å²) in [5.41, 5.74) is 1.64. The first-order valence-electron chi connectivity index (χ1n) is 7.72. The minimum Gasteiger partial charge on any atom is -0.478 e. The Morgan fingerprint density at radius 3 is 2.60 bits per heavy atom. The standard InChI is InChI=1S/C18H16N2O5/c21-16(19-9-8-12-4-2-1-3-5-12)11-20-14-10-13(17(22)23)6-7-15(14)25-18(20)24/h1-7,10H,8-9,11H2,(H,19,21)(H,22,23). The number of carboxylic acid groups (broad SMARTS) is 1. The van der Waals surface area contributed by atoms with Gasteiger partial charge in [0.2, 0.25) is 5.91 Å². The molecule has 1 aromatic heterocycles. The molecule has 0 unspecified atom stereocenters. The average Bonchev–Trinajstić information content (AvgIpc) is 2.90. The van der Waals surface area contributed by atoms with E-state index in [4.69, 9.17) is 9.52 Å². The summed E-state index contributed by atoms with van der Waals surface area (Å²) in [7, 11) is 0. The van der Waals surface area contributed by atoms with E-state index in [0.29, 0.717) is 13.0 Å². The highest BCUT2D eigenvalue weighted by Crippen LogP contribution is 2.15. The van der Waals surface area contributed by atoms with Crippen LogP contribution in [0.3, 0.4) is 0 Å². The van der Waals surface area contributed by atoms with Crippen LogP contribution in [0, 0.1) is 0 Å². The molecule has 2 N–H and O–H groups in total. The van der Waals surface area contributed by atoms with E-state index in [2.05, 4.69) is 5.32 Å². The lowest BCUT2D eigenvalue weighted by molar-refractivity contribution is -0.121. The first-order valence-corrected chi connectivity index (χ1v) is 7.72. The number of aromatic carboxylic acids is 1. The second-order valence-corrected chi connectivity index (χ2v) is 5.53. The molecule has 0 spiro atoms. The van der Waals surface area contributed by atoms with Gasteiger partial charge >= 0.3 is 11.7 Å². The van der Waals surface area contributed by atoms with E-state index in [1.807, 2.05) is 30.3 Å². The van der Waals surface area contributed by atoms with Gasteiger partial charge < -0.3 is 14.8 Å². The number of nitrogens with one attached hydrogen (secondary N) is 1. The SMILES string of the molecule is O=C(Cn1c(=O)oc2ccc(C(=O)O)cc21)NCCc1ccccc1. The number of nitrogens with zero attached hydrogens (tertiary/aromatic N) is 1. The van der Waals surface area contributed by atoms with Gasteiger partial charge in [0.1, 0.15) is 6.54 Å². The van der Waals surface area contributed by atoms with E-state index in [-0.39, 0.29) is 29.1 Å². The highest BCUT2D eigenvalue weighted by Gasteiger charge is 2.14. The number of hydrogen-bond donors (Lipinski definition) is 2. The van der Waals surface area contributed by atoms with Gasteiger partial charge in [-0.05, 0) is 30.2 Å². The number of rotatable bonds is 6. The fourth-order valence-electron chi connectivity index (χ4n) is 2.54. The van der Waals surface area contributed by atoms with E-state index in [1.165, 1.54) is 18.2 Å². The Hall–Kier alpha value is -3.35. The second-order valence-electron chi connectivity index (χ2n) is 5.53. The molecule has 0 bridgehead atoms. The van der Waals surface area contributed by atoms with Crippen molar-refractivity contribution in [1.29, 1.82) is 0 Å². The molecule has 0 aliphatic heterocycles. The molecule has 0 aliphatic rings. The Morgan fingerprint density at radius 2 is 1.88 bits per heavy atom. The molecule has 0 fully saturated rings. The van der Waals surface area contributed by atoms with Crippen LogP contribution in [0.2, 0.25) is 0 Å². The molecule has 25 heavy (non-hydrogen) atoms. The molecule has 0 atom stereocenters. The lowest BCUT2D eigenvalue weighted by atomic mass is 10.1. The van der Waals surface area contributed by atoms with Crippen LogP contribution in [0.1, 0.15) is 15.9 Å². The van der Waals surface area contributed by atoms with Gasteiger partial charge in [-0.25, -0.2) is 9.59 Å². The third-order valence-electron chi connectivity index (χ3n) is 3.79. The van der Waals surface area contributed by atoms with E-state index < -0.39 is 11.7 Å². The smallest absolute Gasteiger partial charge is 0.420 e. The summed E-state index contributed by atoms with van der Waals surface area (Å²) in [5, 5.41) is 11.8. The van der Waals surface area contributed by atoms with Crippen molar-refractivity contribution in [2.75, 3.05) is 6.54 Å². The first-order chi connectivity index (χ1) is 12.0. The van der Waals surface area contributed by atoms with Crippen molar-refractivity contribution in [3.05, 3.63) is 70.2 Å². The molecule has 0 saturated carbocycles. The molecule has 7 heteroatoms. The summed E-state index contributed by atoms with van der Waals surface area (Å²) < 4.78 is 6.17. The number of carboxylic acids is 1. The van der Waals surface area contributed by atoms with Crippen molar-refractivity contribution in [1.82, 2.24) is 9.88 Å². The summed E-state index contributed by atoms with van der Waals surface area (Å²) in [6.07, 6.45) is 0.677. The molecule has 0 aliphatic carbocycles. The zero-order valence-corrected chi connectivity index (χ0v) is 13.3. The van der Waals surface area contributed by atoms with Gasteiger partial charge in [-0.3, -0.25) is 9.36 Å². The summed E-state index contributed by atoms with van der Waals surface area (Å²) in [6.45, 7) is 0.206. The van der Waals surface area contributed by atoms with Crippen LogP contribution in [0.15, 0.2) is 57.7 Å². The molecule has 7 nitrogen and oxygen atoms in total. The number of benzene rings is 2. The Morgan fingerprint density at radius 1 is 1.12 bits per heavy atom. The largest absolute Gasteiger partial charge is 0.478 e. The number of oxazole rings is 1. The second kappa shape index (κ2) is 7.04. The van der Waals surface area contributed by atoms with Crippen LogP contribution in [0.5, 0.6) is 0 Å². The molecule has 3 rings (SSSR count). The highest BCUT2D eigenvalue weighted by atomic mass is 16.4. The maximum absolute atomic E-state index is 12.1. The third kappa shape index (κ3) is 3.77. The van der Waals surface area contributed by atoms with E-state index in [9.17, 15) is 14.4 Å². The van der Waals surface area contributed by atoms with Crippen LogP contribution >= 0.6 is 0 Å². The molecular weight excluding hydrogens is 324 g/mol. The molecule has 3 aromatic rings. The van der Waals surface area contributed by atoms with Crippen LogP contribution in [0.4, 0.5) is 0 Å². The summed E-state index contributed by atoms with van der Waals surface area (Å²) in [6, 6.07) is 13.8. The Labute approximate surface area is 142 Å². The number of amides is 1. The first kappa shape index (κ1) is 16.5. The van der Waals surface area contributed by atoms with Gasteiger partial charge in [0.25, 0.3) is 0 Å². The summed E-state index contributed by atoms with van der Waals surface area (Å²) in [5.74, 6) is -2.16. The van der Waals surface area contributed by atoms with E-state index >= 15 is 0 Å². The van der Waals surface area contributed by atoms with Gasteiger partial charge in [-0.2, -0.15) is 0 Å². The number of aromatic nitrogens is 1. The Bertz CT molecular complexity index is 972. The zero-order chi connectivity index (χ0) is 17.8. The molecule has 0 saturated heterocycles. The third-order valence-corrected chi connectivity index (χ3v) is 3.79. The normalized spacial score (nSPS) is 10.7. The van der Waals surface area contributed by atoms with Crippen molar-refractivity contribution < 1.29 is 19.1 Å². The van der Waals surface area contributed by atoms with Gasteiger partial charge in [0.15, 0.2) is 5.58 Å². The van der Waals surface area contributed by atoms with Gasteiger partial charge in [-0.1, -0.05) is 30.3 Å². The van der Waals surface area contributed by atoms with E-state index in [0.717, 1.165) is 10.1 Å². The topological polar surface area (TPSA) is 102 Å². The predicted octanol–water partition coefficient (Wildman–Crippen LogP) is 1.65. The van der Waals surface area contributed by atoms with E-state index in [1.54, 1.807) is 0 Å². The lowest BCUT2D eigenvalue weighted by Gasteiger charge is -2.06. The highest BCUT2D eigenvalue weighted by molar-refractivity contribution is 5.92. The van der Waals surface area contributed by atoms with Crippen LogP contribution in [-0.4, -0.2) is 28.1 Å². The quantitative estimate of drug-likeness (QED) is 0.710. The Kier molecular flexibility index (Phi) is 4.65. The molecule has 0 radical (unpaired) electrons. The minimum absolute atomic E-state index is 0.0199. The van der Waals surface area contributed by atoms with Crippen molar-refractivity contribution in [3.8, 4) is 0 Å². The number of carbonyl (C=O) groups excluding carboxylic acids is 1. The fraction of sp³-hybridized carbons (Fsp3) is 0.167. The molecular formula is C18H16N2O5. The summed E-state index contributed by atoms with van der Waals surface area (Å²) in [4.78, 5) is 35.1. The van der Waals surface area contributed by atoms with Gasteiger partial charge in [-0.15, -0.1) is 0 Å². The monoisotopic (exact) mass is 340 g/mol. The van der Waals surface area contributed by atoms with Crippen LogP contribution in [0.25, 0.3) is 11.1 Å². The number of hydrogen-bond acceptors (Lipinski definition) is 4.